The van der Waals surface area contributed by atoms with Gasteiger partial charge in [0.05, 0.1) is 34.0 Å². The molecule has 1 N–H and O–H groups in total. The Kier molecular flexibility index (Phi) is 7.49. The van der Waals surface area contributed by atoms with Gasteiger partial charge < -0.3 is 24.3 Å². The summed E-state index contributed by atoms with van der Waals surface area (Å²) >= 11 is 0. The first-order valence-corrected chi connectivity index (χ1v) is 8.76. The lowest BCUT2D eigenvalue weighted by molar-refractivity contribution is 0.0657. The van der Waals surface area contributed by atoms with Gasteiger partial charge in [0.15, 0.2) is 11.5 Å². The van der Waals surface area contributed by atoms with Crippen molar-refractivity contribution in [1.29, 1.82) is 0 Å². The van der Waals surface area contributed by atoms with Crippen LogP contribution in [0.3, 0.4) is 0 Å². The zero-order valence-corrected chi connectivity index (χ0v) is 16.5. The lowest BCUT2D eigenvalue weighted by Gasteiger charge is -2.14. The van der Waals surface area contributed by atoms with E-state index in [0.29, 0.717) is 36.0 Å². The van der Waals surface area contributed by atoms with E-state index in [4.69, 9.17) is 18.9 Å². The molecule has 27 heavy (non-hydrogen) atoms. The zero-order chi connectivity index (χ0) is 19.8. The van der Waals surface area contributed by atoms with E-state index in [9.17, 15) is 4.79 Å². The summed E-state index contributed by atoms with van der Waals surface area (Å²) in [4.78, 5) is 12.4. The summed E-state index contributed by atoms with van der Waals surface area (Å²) in [6, 6.07) is 10.9. The van der Waals surface area contributed by atoms with Crippen LogP contribution in [-0.2, 0) is 17.9 Å². The molecule has 2 rings (SSSR count). The van der Waals surface area contributed by atoms with Crippen LogP contribution in [0.2, 0.25) is 0 Å². The maximum atomic E-state index is 12.4. The molecule has 0 bridgehead atoms. The van der Waals surface area contributed by atoms with Gasteiger partial charge in [-0.15, -0.1) is 0 Å². The van der Waals surface area contributed by atoms with Crippen molar-refractivity contribution < 1.29 is 23.7 Å². The van der Waals surface area contributed by atoms with Crippen LogP contribution in [-0.4, -0.2) is 33.3 Å². The summed E-state index contributed by atoms with van der Waals surface area (Å²) in [5.74, 6) is 1.61. The predicted molar refractivity (Wildman–Crippen MR) is 104 cm³/mol. The topological polar surface area (TPSA) is 66.0 Å². The number of carbonyl (C=O) groups is 1. The predicted octanol–water partition coefficient (Wildman–Crippen LogP) is 3.57. The highest BCUT2D eigenvalue weighted by atomic mass is 16.5. The Labute approximate surface area is 160 Å². The third-order valence-electron chi connectivity index (χ3n) is 4.03. The molecule has 2 aromatic rings. The van der Waals surface area contributed by atoms with Gasteiger partial charge in [-0.05, 0) is 37.6 Å². The maximum Gasteiger partial charge on any atom is 0.251 e. The van der Waals surface area contributed by atoms with Crippen molar-refractivity contribution in [3.63, 3.8) is 0 Å². The first-order chi connectivity index (χ1) is 13.0. The van der Waals surface area contributed by atoms with Crippen molar-refractivity contribution in [3.8, 4) is 17.2 Å². The summed E-state index contributed by atoms with van der Waals surface area (Å²) in [5.41, 5.74) is 2.41. The van der Waals surface area contributed by atoms with E-state index in [0.717, 1.165) is 11.1 Å². The third-order valence-corrected chi connectivity index (χ3v) is 4.03. The maximum absolute atomic E-state index is 12.4. The van der Waals surface area contributed by atoms with Crippen molar-refractivity contribution in [2.45, 2.75) is 33.1 Å². The minimum absolute atomic E-state index is 0.164. The van der Waals surface area contributed by atoms with Crippen LogP contribution < -0.4 is 19.5 Å². The van der Waals surface area contributed by atoms with Crippen LogP contribution in [0.1, 0.15) is 35.3 Å². The second kappa shape index (κ2) is 9.83. The number of amides is 1. The summed E-state index contributed by atoms with van der Waals surface area (Å²) in [7, 11) is 4.70. The molecule has 0 aliphatic heterocycles. The molecule has 0 fully saturated rings. The Morgan fingerprint density at radius 1 is 0.926 bits per heavy atom. The highest BCUT2D eigenvalue weighted by Gasteiger charge is 2.13. The minimum atomic E-state index is -0.164. The number of methoxy groups -OCH3 is 3. The Balaban J connectivity index is 2.04. The summed E-state index contributed by atoms with van der Waals surface area (Å²) in [6.07, 6.45) is 0.171. The van der Waals surface area contributed by atoms with Crippen LogP contribution in [0.5, 0.6) is 17.2 Å². The molecule has 6 heteroatoms. The molecule has 146 valence electrons. The molecule has 0 aromatic heterocycles. The molecule has 0 unspecified atom stereocenters. The van der Waals surface area contributed by atoms with Crippen LogP contribution >= 0.6 is 0 Å². The van der Waals surface area contributed by atoms with E-state index in [-0.39, 0.29) is 12.0 Å². The largest absolute Gasteiger partial charge is 0.496 e. The molecule has 0 heterocycles. The fourth-order valence-corrected chi connectivity index (χ4v) is 2.52. The quantitative estimate of drug-likeness (QED) is 0.728. The molecule has 0 radical (unpaired) electrons. The highest BCUT2D eigenvalue weighted by Crippen LogP contribution is 2.34. The molecular formula is C21H27NO5. The summed E-state index contributed by atoms with van der Waals surface area (Å²) in [5, 5.41) is 2.90. The van der Waals surface area contributed by atoms with Crippen molar-refractivity contribution in [1.82, 2.24) is 5.32 Å². The normalized spacial score (nSPS) is 10.6. The average Bonchev–Trinajstić information content (AvgIpc) is 2.69. The lowest BCUT2D eigenvalue weighted by atomic mass is 10.1. The van der Waals surface area contributed by atoms with Gasteiger partial charge in [0.1, 0.15) is 5.75 Å². The number of carbonyl (C=O) groups excluding carboxylic acids is 1. The number of benzene rings is 2. The number of ether oxygens (including phenoxy) is 4. The second-order valence-electron chi connectivity index (χ2n) is 6.26. The molecule has 6 nitrogen and oxygen atoms in total. The monoisotopic (exact) mass is 373 g/mol. The number of nitrogens with one attached hydrogen (secondary N) is 1. The van der Waals surface area contributed by atoms with Crippen molar-refractivity contribution in [3.05, 3.63) is 53.1 Å². The van der Waals surface area contributed by atoms with Crippen molar-refractivity contribution >= 4 is 5.91 Å². The molecule has 0 aliphatic rings. The molecule has 0 saturated heterocycles. The van der Waals surface area contributed by atoms with Gasteiger partial charge in [-0.2, -0.15) is 0 Å². The SMILES string of the molecule is COc1cc(OC)c(OC)cc1CNC(=O)c1ccc(COC(C)C)cc1. The average molecular weight is 373 g/mol. The first kappa shape index (κ1) is 20.6. The smallest absolute Gasteiger partial charge is 0.251 e. The van der Waals surface area contributed by atoms with Gasteiger partial charge in [-0.25, -0.2) is 0 Å². The van der Waals surface area contributed by atoms with Crippen LogP contribution in [0.25, 0.3) is 0 Å². The van der Waals surface area contributed by atoms with Crippen LogP contribution in [0.4, 0.5) is 0 Å². The number of hydrogen-bond donors (Lipinski definition) is 1. The van der Waals surface area contributed by atoms with Gasteiger partial charge in [0, 0.05) is 23.7 Å². The zero-order valence-electron chi connectivity index (χ0n) is 16.5. The standard InChI is InChI=1S/C21H27NO5/c1-14(2)27-13-15-6-8-16(9-7-15)21(23)22-12-17-10-19(25-4)20(26-5)11-18(17)24-3/h6-11,14H,12-13H2,1-5H3,(H,22,23). The summed E-state index contributed by atoms with van der Waals surface area (Å²) in [6.45, 7) is 4.82. The highest BCUT2D eigenvalue weighted by molar-refractivity contribution is 5.94. The van der Waals surface area contributed by atoms with E-state index in [1.165, 1.54) is 0 Å². The Bertz CT molecular complexity index is 756. The molecule has 0 aliphatic carbocycles. The lowest BCUT2D eigenvalue weighted by Crippen LogP contribution is -2.23. The molecule has 1 amide bonds. The molecular weight excluding hydrogens is 346 g/mol. The Morgan fingerprint density at radius 2 is 1.52 bits per heavy atom. The molecule has 2 aromatic carbocycles. The Hall–Kier alpha value is -2.73. The van der Waals surface area contributed by atoms with Crippen LogP contribution in [0, 0.1) is 0 Å². The summed E-state index contributed by atoms with van der Waals surface area (Å²) < 4.78 is 21.5. The van der Waals surface area contributed by atoms with E-state index >= 15 is 0 Å². The van der Waals surface area contributed by atoms with Gasteiger partial charge in [-0.1, -0.05) is 12.1 Å². The van der Waals surface area contributed by atoms with Gasteiger partial charge in [0.2, 0.25) is 0 Å². The molecule has 0 atom stereocenters. The van der Waals surface area contributed by atoms with Crippen molar-refractivity contribution in [2.24, 2.45) is 0 Å². The molecule has 0 spiro atoms. The van der Waals surface area contributed by atoms with Crippen molar-refractivity contribution in [2.75, 3.05) is 21.3 Å². The van der Waals surface area contributed by atoms with E-state index in [2.05, 4.69) is 5.32 Å². The van der Waals surface area contributed by atoms with E-state index < -0.39 is 0 Å². The second-order valence-corrected chi connectivity index (χ2v) is 6.26. The Morgan fingerprint density at radius 3 is 2.07 bits per heavy atom. The van der Waals surface area contributed by atoms with E-state index in [1.54, 1.807) is 45.6 Å². The van der Waals surface area contributed by atoms with Gasteiger partial charge in [-0.3, -0.25) is 4.79 Å². The number of hydrogen-bond acceptors (Lipinski definition) is 5. The molecule has 0 saturated carbocycles. The first-order valence-electron chi connectivity index (χ1n) is 8.76. The fourth-order valence-electron chi connectivity index (χ4n) is 2.52. The third kappa shape index (κ3) is 5.62. The minimum Gasteiger partial charge on any atom is -0.496 e. The fraction of sp³-hybridized carbons (Fsp3) is 0.381. The van der Waals surface area contributed by atoms with Gasteiger partial charge >= 0.3 is 0 Å². The van der Waals surface area contributed by atoms with Gasteiger partial charge in [0.25, 0.3) is 5.91 Å². The van der Waals surface area contributed by atoms with E-state index in [1.807, 2.05) is 26.0 Å². The number of rotatable bonds is 9. The van der Waals surface area contributed by atoms with Crippen LogP contribution in [0.15, 0.2) is 36.4 Å².